The summed E-state index contributed by atoms with van der Waals surface area (Å²) >= 11 is 0. The first-order valence-corrected chi connectivity index (χ1v) is 11.4. The molecule has 29 heavy (non-hydrogen) atoms. The largest absolute Gasteiger partial charge is 1.00 e. The minimum Gasteiger partial charge on any atom is -0.872 e. The summed E-state index contributed by atoms with van der Waals surface area (Å²) in [7, 11) is -4.34. The van der Waals surface area contributed by atoms with Gasteiger partial charge in [-0.1, -0.05) is 70.1 Å². The zero-order chi connectivity index (χ0) is 20.4. The van der Waals surface area contributed by atoms with Crippen molar-refractivity contribution in [3.8, 4) is 17.2 Å². The number of hydrogen-bond donors (Lipinski definition) is 1. The van der Waals surface area contributed by atoms with E-state index in [0.717, 1.165) is 19.3 Å². The van der Waals surface area contributed by atoms with Crippen LogP contribution in [0.2, 0.25) is 0 Å². The molecule has 2 rings (SSSR count). The third kappa shape index (κ3) is 9.51. The van der Waals surface area contributed by atoms with Crippen molar-refractivity contribution in [2.45, 2.75) is 69.6 Å². The van der Waals surface area contributed by atoms with Crippen LogP contribution in [0.15, 0.2) is 47.4 Å². The molecule has 1 N–H and O–H groups in total. The maximum atomic E-state index is 11.8. The summed E-state index contributed by atoms with van der Waals surface area (Å²) < 4.78 is 39.0. The Kier molecular flexibility index (Phi) is 12.7. The summed E-state index contributed by atoms with van der Waals surface area (Å²) in [5.41, 5.74) is 0.474. The Morgan fingerprint density at radius 3 is 2.07 bits per heavy atom. The maximum absolute atomic E-state index is 11.8. The molecule has 5 nitrogen and oxygen atoms in total. The summed E-state index contributed by atoms with van der Waals surface area (Å²) in [5, 5.41) is 11.2. The summed E-state index contributed by atoms with van der Waals surface area (Å²) in [6.07, 6.45) is 9.61. The molecule has 0 bridgehead atoms. The Morgan fingerprint density at radius 2 is 1.48 bits per heavy atom. The molecule has 0 amide bonds. The Hall–Kier alpha value is -0.414. The number of hydrogen-bond acceptors (Lipinski definition) is 4. The Balaban J connectivity index is 0.00000420. The quantitative estimate of drug-likeness (QED) is 0.309. The summed E-state index contributed by atoms with van der Waals surface area (Å²) in [6, 6.07) is 10.5. The molecule has 0 fully saturated rings. The van der Waals surface area contributed by atoms with Crippen LogP contribution in [-0.4, -0.2) is 13.0 Å². The van der Waals surface area contributed by atoms with Gasteiger partial charge in [0, 0.05) is 5.56 Å². The van der Waals surface area contributed by atoms with Gasteiger partial charge in [0.05, 0.1) is 0 Å². The molecule has 0 radical (unpaired) electrons. The van der Waals surface area contributed by atoms with Crippen molar-refractivity contribution in [3.63, 3.8) is 0 Å². The van der Waals surface area contributed by atoms with Crippen LogP contribution in [0.1, 0.15) is 63.9 Å². The molecule has 7 heteroatoms. The number of unbranched alkanes of at least 4 members (excludes halogenated alkanes) is 7. The van der Waals surface area contributed by atoms with Gasteiger partial charge in [-0.2, -0.15) is 8.42 Å². The minimum absolute atomic E-state index is 0. The number of rotatable bonds is 12. The molecule has 0 spiro atoms. The second-order valence-corrected chi connectivity index (χ2v) is 8.40. The molecular weight excluding hydrogens is 415 g/mol. The van der Waals surface area contributed by atoms with Crippen LogP contribution in [0.5, 0.6) is 17.2 Å². The maximum Gasteiger partial charge on any atom is 1.00 e. The van der Waals surface area contributed by atoms with Gasteiger partial charge in [0.25, 0.3) is 10.1 Å². The standard InChI is InChI=1S/C22H30O5S.K/c1-2-3-4-5-6-7-8-9-11-20-21(12-10-13-22(20)28(24,25)26)27-19-16-14-18(23)15-17-19;/h10,12-17,23H,2-9,11H2,1H3,(H,24,25,26);/q;+1/p-1. The summed E-state index contributed by atoms with van der Waals surface area (Å²) in [6.45, 7) is 2.20. The Labute approximate surface area is 217 Å². The van der Waals surface area contributed by atoms with E-state index in [9.17, 15) is 18.1 Å². The fourth-order valence-corrected chi connectivity index (χ4v) is 3.96. The van der Waals surface area contributed by atoms with Crippen molar-refractivity contribution >= 4 is 10.1 Å². The van der Waals surface area contributed by atoms with Crippen LogP contribution >= 0.6 is 0 Å². The fourth-order valence-electron chi connectivity index (χ4n) is 3.20. The van der Waals surface area contributed by atoms with E-state index >= 15 is 0 Å². The molecule has 2 aromatic carbocycles. The van der Waals surface area contributed by atoms with Crippen molar-refractivity contribution in [2.75, 3.05) is 0 Å². The monoisotopic (exact) mass is 444 g/mol. The van der Waals surface area contributed by atoms with Gasteiger partial charge in [0.15, 0.2) is 0 Å². The molecule has 0 unspecified atom stereocenters. The van der Waals surface area contributed by atoms with Gasteiger partial charge >= 0.3 is 51.4 Å². The normalized spacial score (nSPS) is 11.1. The van der Waals surface area contributed by atoms with Crippen molar-refractivity contribution in [1.29, 1.82) is 0 Å². The second kappa shape index (κ2) is 13.8. The van der Waals surface area contributed by atoms with Crippen molar-refractivity contribution in [1.82, 2.24) is 0 Å². The van der Waals surface area contributed by atoms with E-state index in [1.807, 2.05) is 0 Å². The van der Waals surface area contributed by atoms with E-state index < -0.39 is 10.1 Å². The van der Waals surface area contributed by atoms with Crippen molar-refractivity contribution in [2.24, 2.45) is 0 Å². The molecule has 0 aromatic heterocycles. The van der Waals surface area contributed by atoms with Crippen LogP contribution < -0.4 is 61.2 Å². The smallest absolute Gasteiger partial charge is 0.872 e. The van der Waals surface area contributed by atoms with E-state index in [1.165, 1.54) is 56.4 Å². The molecule has 0 saturated carbocycles. The van der Waals surface area contributed by atoms with Gasteiger partial charge in [0.1, 0.15) is 16.4 Å². The topological polar surface area (TPSA) is 86.7 Å². The van der Waals surface area contributed by atoms with Gasteiger partial charge in [-0.15, -0.1) is 5.75 Å². The zero-order valence-corrected chi connectivity index (χ0v) is 21.3. The third-order valence-corrected chi connectivity index (χ3v) is 5.64. The Morgan fingerprint density at radius 1 is 0.897 bits per heavy atom. The van der Waals surface area contributed by atoms with E-state index in [2.05, 4.69) is 6.92 Å². The van der Waals surface area contributed by atoms with E-state index in [0.29, 0.717) is 23.5 Å². The van der Waals surface area contributed by atoms with Crippen molar-refractivity contribution < 1.29 is 74.2 Å². The summed E-state index contributed by atoms with van der Waals surface area (Å²) in [5.74, 6) is 0.708. The molecule has 0 atom stereocenters. The third-order valence-electron chi connectivity index (χ3n) is 4.70. The molecule has 0 aliphatic rings. The first kappa shape index (κ1) is 26.6. The van der Waals surface area contributed by atoms with E-state index in [1.54, 1.807) is 18.2 Å². The Bertz CT molecular complexity index is 835. The van der Waals surface area contributed by atoms with Crippen LogP contribution in [0.25, 0.3) is 0 Å². The zero-order valence-electron chi connectivity index (χ0n) is 17.4. The van der Waals surface area contributed by atoms with Crippen molar-refractivity contribution in [3.05, 3.63) is 48.0 Å². The first-order valence-electron chi connectivity index (χ1n) is 9.96. The van der Waals surface area contributed by atoms with Crippen LogP contribution in [0.3, 0.4) is 0 Å². The number of ether oxygens (including phenoxy) is 1. The SMILES string of the molecule is CCCCCCCCCCc1c(Oc2ccc([O-])cc2)cccc1S(=O)(=O)O.[K+]. The number of benzene rings is 2. The second-order valence-electron chi connectivity index (χ2n) is 7.01. The van der Waals surface area contributed by atoms with Crippen LogP contribution in [-0.2, 0) is 16.5 Å². The molecular formula is C22H29KO5S. The molecule has 2 aromatic rings. The van der Waals surface area contributed by atoms with Crippen LogP contribution in [0, 0.1) is 0 Å². The fraction of sp³-hybridized carbons (Fsp3) is 0.455. The van der Waals surface area contributed by atoms with E-state index in [-0.39, 0.29) is 62.0 Å². The molecule has 0 aliphatic heterocycles. The van der Waals surface area contributed by atoms with Gasteiger partial charge in [-0.05, 0) is 37.1 Å². The predicted molar refractivity (Wildman–Crippen MR) is 109 cm³/mol. The predicted octanol–water partition coefficient (Wildman–Crippen LogP) is 2.49. The minimum atomic E-state index is -4.34. The molecule has 154 valence electrons. The van der Waals surface area contributed by atoms with Gasteiger partial charge in [-0.25, -0.2) is 0 Å². The van der Waals surface area contributed by atoms with Gasteiger partial charge in [0.2, 0.25) is 0 Å². The molecule has 0 saturated heterocycles. The molecule has 0 aliphatic carbocycles. The molecule has 0 heterocycles. The van der Waals surface area contributed by atoms with E-state index in [4.69, 9.17) is 4.74 Å². The van der Waals surface area contributed by atoms with Gasteiger partial charge < -0.3 is 9.84 Å². The van der Waals surface area contributed by atoms with Gasteiger partial charge in [-0.3, -0.25) is 4.55 Å². The first-order chi connectivity index (χ1) is 13.4. The average molecular weight is 445 g/mol. The summed E-state index contributed by atoms with van der Waals surface area (Å²) in [4.78, 5) is -0.117. The van der Waals surface area contributed by atoms with Crippen LogP contribution in [0.4, 0.5) is 0 Å². The average Bonchev–Trinajstić information content (AvgIpc) is 2.65.